The van der Waals surface area contributed by atoms with E-state index >= 15 is 0 Å². The lowest BCUT2D eigenvalue weighted by molar-refractivity contribution is 0.186. The average molecular weight is 236 g/mol. The molecule has 0 saturated carbocycles. The Kier molecular flexibility index (Phi) is 3.78. The molecule has 17 heavy (non-hydrogen) atoms. The summed E-state index contributed by atoms with van der Waals surface area (Å²) in [5.74, 6) is 2.34. The van der Waals surface area contributed by atoms with Gasteiger partial charge < -0.3 is 14.5 Å². The molecule has 1 saturated heterocycles. The second-order valence-electron chi connectivity index (χ2n) is 4.72. The van der Waals surface area contributed by atoms with Gasteiger partial charge >= 0.3 is 0 Å². The molecule has 1 unspecified atom stereocenters. The van der Waals surface area contributed by atoms with Gasteiger partial charge in [-0.3, -0.25) is 0 Å². The molecule has 5 heteroatoms. The fourth-order valence-corrected chi connectivity index (χ4v) is 1.98. The highest BCUT2D eigenvalue weighted by Crippen LogP contribution is 2.17. The average Bonchev–Trinajstić information content (AvgIpc) is 2.82. The molecule has 1 fully saturated rings. The molecule has 0 radical (unpaired) electrons. The summed E-state index contributed by atoms with van der Waals surface area (Å²) in [6.07, 6.45) is 2.95. The normalized spacial score (nSPS) is 19.4. The van der Waals surface area contributed by atoms with E-state index in [1.54, 1.807) is 6.20 Å². The summed E-state index contributed by atoms with van der Waals surface area (Å²) in [7, 11) is 5.97. The Morgan fingerprint density at radius 2 is 2.24 bits per heavy atom. The third-order valence-electron chi connectivity index (χ3n) is 2.98. The minimum absolute atomic E-state index is 0.623. The number of ether oxygens (including phenoxy) is 1. The van der Waals surface area contributed by atoms with E-state index < -0.39 is 0 Å². The quantitative estimate of drug-likeness (QED) is 0.780. The zero-order valence-electron chi connectivity index (χ0n) is 10.8. The topological polar surface area (TPSA) is 41.5 Å². The lowest BCUT2D eigenvalue weighted by atomic mass is 10.1. The fourth-order valence-electron chi connectivity index (χ4n) is 1.98. The second kappa shape index (κ2) is 5.31. The van der Waals surface area contributed by atoms with Gasteiger partial charge in [0, 0.05) is 46.4 Å². The van der Waals surface area contributed by atoms with E-state index in [1.165, 1.54) is 0 Å². The van der Waals surface area contributed by atoms with Crippen molar-refractivity contribution in [3.63, 3.8) is 0 Å². The van der Waals surface area contributed by atoms with Crippen LogP contribution in [-0.2, 0) is 4.74 Å². The summed E-state index contributed by atoms with van der Waals surface area (Å²) >= 11 is 0. The van der Waals surface area contributed by atoms with Crippen LogP contribution < -0.4 is 9.80 Å². The van der Waals surface area contributed by atoms with Gasteiger partial charge in [-0.05, 0) is 12.5 Å². The SMILES string of the molecule is CN(C)c1nccc(N(C)CC2CCOC2)n1. The zero-order valence-corrected chi connectivity index (χ0v) is 10.8. The lowest BCUT2D eigenvalue weighted by Crippen LogP contribution is -2.27. The molecule has 1 aliphatic rings. The van der Waals surface area contributed by atoms with E-state index in [9.17, 15) is 0 Å². The highest BCUT2D eigenvalue weighted by atomic mass is 16.5. The number of nitrogens with zero attached hydrogens (tertiary/aromatic N) is 4. The van der Waals surface area contributed by atoms with Crippen LogP contribution in [0.5, 0.6) is 0 Å². The molecule has 0 aliphatic carbocycles. The van der Waals surface area contributed by atoms with Crippen LogP contribution in [-0.4, -0.2) is 50.9 Å². The van der Waals surface area contributed by atoms with E-state index in [2.05, 4.69) is 21.9 Å². The van der Waals surface area contributed by atoms with Crippen LogP contribution in [0.25, 0.3) is 0 Å². The van der Waals surface area contributed by atoms with E-state index in [4.69, 9.17) is 4.74 Å². The number of hydrogen-bond acceptors (Lipinski definition) is 5. The van der Waals surface area contributed by atoms with E-state index in [1.807, 2.05) is 25.1 Å². The predicted molar refractivity (Wildman–Crippen MR) is 68.6 cm³/mol. The zero-order chi connectivity index (χ0) is 12.3. The van der Waals surface area contributed by atoms with Gasteiger partial charge in [-0.25, -0.2) is 4.98 Å². The van der Waals surface area contributed by atoms with Crippen LogP contribution in [0.15, 0.2) is 12.3 Å². The summed E-state index contributed by atoms with van der Waals surface area (Å²) < 4.78 is 5.39. The van der Waals surface area contributed by atoms with Crippen molar-refractivity contribution in [2.75, 3.05) is 50.7 Å². The first-order chi connectivity index (χ1) is 8.16. The van der Waals surface area contributed by atoms with E-state index in [0.717, 1.165) is 37.9 Å². The Morgan fingerprint density at radius 1 is 1.41 bits per heavy atom. The van der Waals surface area contributed by atoms with Crippen LogP contribution in [0, 0.1) is 5.92 Å². The predicted octanol–water partition coefficient (Wildman–Crippen LogP) is 1.02. The summed E-state index contributed by atoms with van der Waals surface area (Å²) in [5.41, 5.74) is 0. The van der Waals surface area contributed by atoms with Crippen molar-refractivity contribution in [2.45, 2.75) is 6.42 Å². The van der Waals surface area contributed by atoms with Gasteiger partial charge in [0.1, 0.15) is 5.82 Å². The van der Waals surface area contributed by atoms with Crippen LogP contribution in [0.2, 0.25) is 0 Å². The first-order valence-electron chi connectivity index (χ1n) is 5.96. The smallest absolute Gasteiger partial charge is 0.226 e. The molecule has 1 aliphatic heterocycles. The molecule has 2 heterocycles. The molecular formula is C12H20N4O. The molecule has 0 spiro atoms. The first kappa shape index (κ1) is 12.1. The third-order valence-corrected chi connectivity index (χ3v) is 2.98. The number of rotatable bonds is 4. The molecule has 94 valence electrons. The van der Waals surface area contributed by atoms with Crippen LogP contribution in [0.3, 0.4) is 0 Å². The molecule has 0 amide bonds. The summed E-state index contributed by atoms with van der Waals surface area (Å²) in [6.45, 7) is 2.76. The molecular weight excluding hydrogens is 216 g/mol. The molecule has 2 rings (SSSR count). The van der Waals surface area contributed by atoms with Crippen molar-refractivity contribution in [1.82, 2.24) is 9.97 Å². The summed E-state index contributed by atoms with van der Waals surface area (Å²) in [5, 5.41) is 0. The minimum atomic E-state index is 0.623. The summed E-state index contributed by atoms with van der Waals surface area (Å²) in [6, 6.07) is 1.95. The maximum Gasteiger partial charge on any atom is 0.226 e. The molecule has 1 atom stereocenters. The maximum atomic E-state index is 5.39. The van der Waals surface area contributed by atoms with Gasteiger partial charge in [0.2, 0.25) is 5.95 Å². The summed E-state index contributed by atoms with van der Waals surface area (Å²) in [4.78, 5) is 12.8. The molecule has 0 N–H and O–H groups in total. The molecule has 1 aromatic rings. The van der Waals surface area contributed by atoms with Gasteiger partial charge in [0.05, 0.1) is 6.61 Å². The molecule has 5 nitrogen and oxygen atoms in total. The van der Waals surface area contributed by atoms with E-state index in [0.29, 0.717) is 5.92 Å². The van der Waals surface area contributed by atoms with Crippen molar-refractivity contribution in [3.05, 3.63) is 12.3 Å². The number of anilines is 2. The van der Waals surface area contributed by atoms with Crippen LogP contribution in [0.1, 0.15) is 6.42 Å². The Labute approximate surface area is 102 Å². The minimum Gasteiger partial charge on any atom is -0.381 e. The largest absolute Gasteiger partial charge is 0.381 e. The Bertz CT molecular complexity index is 363. The standard InChI is InChI=1S/C12H20N4O/c1-15(2)12-13-6-4-11(14-12)16(3)8-10-5-7-17-9-10/h4,6,10H,5,7-9H2,1-3H3. The van der Waals surface area contributed by atoms with Crippen molar-refractivity contribution in [1.29, 1.82) is 0 Å². The molecule has 0 bridgehead atoms. The molecule has 0 aromatic carbocycles. The monoisotopic (exact) mass is 236 g/mol. The third kappa shape index (κ3) is 3.06. The Morgan fingerprint density at radius 3 is 2.88 bits per heavy atom. The highest BCUT2D eigenvalue weighted by Gasteiger charge is 2.18. The highest BCUT2D eigenvalue weighted by molar-refractivity contribution is 5.42. The number of hydrogen-bond donors (Lipinski definition) is 0. The Hall–Kier alpha value is -1.36. The first-order valence-corrected chi connectivity index (χ1v) is 5.96. The fraction of sp³-hybridized carbons (Fsp3) is 0.667. The van der Waals surface area contributed by atoms with Gasteiger partial charge in [0.25, 0.3) is 0 Å². The maximum absolute atomic E-state index is 5.39. The van der Waals surface area contributed by atoms with E-state index in [-0.39, 0.29) is 0 Å². The molecule has 1 aromatic heterocycles. The van der Waals surface area contributed by atoms with Crippen molar-refractivity contribution in [3.8, 4) is 0 Å². The lowest BCUT2D eigenvalue weighted by Gasteiger charge is -2.22. The Balaban J connectivity index is 2.02. The van der Waals surface area contributed by atoms with Gasteiger partial charge in [0.15, 0.2) is 0 Å². The number of aromatic nitrogens is 2. The van der Waals surface area contributed by atoms with Crippen LogP contribution in [0.4, 0.5) is 11.8 Å². The van der Waals surface area contributed by atoms with Crippen molar-refractivity contribution >= 4 is 11.8 Å². The van der Waals surface area contributed by atoms with Crippen LogP contribution >= 0.6 is 0 Å². The van der Waals surface area contributed by atoms with Crippen molar-refractivity contribution in [2.24, 2.45) is 5.92 Å². The second-order valence-corrected chi connectivity index (χ2v) is 4.72. The van der Waals surface area contributed by atoms with Gasteiger partial charge in [-0.2, -0.15) is 4.98 Å². The van der Waals surface area contributed by atoms with Crippen molar-refractivity contribution < 1.29 is 4.74 Å². The van der Waals surface area contributed by atoms with Gasteiger partial charge in [-0.15, -0.1) is 0 Å². The van der Waals surface area contributed by atoms with Gasteiger partial charge in [-0.1, -0.05) is 0 Å².